The number of rotatable bonds is 4. The lowest BCUT2D eigenvalue weighted by Gasteiger charge is -2.09. The van der Waals surface area contributed by atoms with Crippen LogP contribution >= 0.6 is 0 Å². The molecule has 168 valence electrons. The molecule has 0 amide bonds. The van der Waals surface area contributed by atoms with E-state index in [1.165, 1.54) is 24.3 Å². The van der Waals surface area contributed by atoms with E-state index in [0.717, 1.165) is 22.8 Å². The van der Waals surface area contributed by atoms with E-state index in [1.54, 1.807) is 24.3 Å². The summed E-state index contributed by atoms with van der Waals surface area (Å²) in [6.07, 6.45) is -4.82. The number of ether oxygens (including phenoxy) is 1. The highest BCUT2D eigenvalue weighted by atomic mass is 19.4. The van der Waals surface area contributed by atoms with Crippen molar-refractivity contribution in [1.29, 1.82) is 5.41 Å². The summed E-state index contributed by atoms with van der Waals surface area (Å²) in [7, 11) is 0. The van der Waals surface area contributed by atoms with Gasteiger partial charge >= 0.3 is 6.36 Å². The van der Waals surface area contributed by atoms with Crippen LogP contribution in [-0.2, 0) is 0 Å². The topological polar surface area (TPSA) is 103 Å². The van der Waals surface area contributed by atoms with Crippen molar-refractivity contribution in [2.24, 2.45) is 10.2 Å². The van der Waals surface area contributed by atoms with E-state index in [2.05, 4.69) is 15.0 Å². The molecule has 0 saturated heterocycles. The number of alkyl halides is 3. The molecular weight excluding hydrogens is 444 g/mol. The SMILES string of the molecule is N=C(N=Nc1ccc(OC(F)(F)F)cc1)c1ccc(-n2c(O)c3ccccc3c2O)c(F)c1. The van der Waals surface area contributed by atoms with Gasteiger partial charge in [-0.15, -0.1) is 23.4 Å². The van der Waals surface area contributed by atoms with Gasteiger partial charge in [0.1, 0.15) is 11.6 Å². The number of nitrogens with one attached hydrogen (secondary N) is 1. The van der Waals surface area contributed by atoms with Crippen molar-refractivity contribution in [3.8, 4) is 23.2 Å². The highest BCUT2D eigenvalue weighted by Gasteiger charge is 2.31. The third-order valence-corrected chi connectivity index (χ3v) is 4.63. The molecule has 33 heavy (non-hydrogen) atoms. The first-order chi connectivity index (χ1) is 15.6. The third-order valence-electron chi connectivity index (χ3n) is 4.63. The van der Waals surface area contributed by atoms with E-state index in [1.807, 2.05) is 0 Å². The molecule has 0 bridgehead atoms. The lowest BCUT2D eigenvalue weighted by atomic mass is 10.2. The van der Waals surface area contributed by atoms with Crippen molar-refractivity contribution >= 4 is 22.3 Å². The van der Waals surface area contributed by atoms with Crippen LogP contribution in [0.5, 0.6) is 17.5 Å². The van der Waals surface area contributed by atoms with Crippen molar-refractivity contribution in [3.05, 3.63) is 78.1 Å². The Labute approximate surface area is 183 Å². The summed E-state index contributed by atoms with van der Waals surface area (Å²) < 4.78 is 56.1. The number of aromatic hydroxyl groups is 2. The Morgan fingerprint density at radius 3 is 2.06 bits per heavy atom. The van der Waals surface area contributed by atoms with Crippen LogP contribution in [0.2, 0.25) is 0 Å². The molecule has 0 atom stereocenters. The molecule has 1 aromatic heterocycles. The van der Waals surface area contributed by atoms with E-state index in [4.69, 9.17) is 5.41 Å². The molecule has 11 heteroatoms. The number of aromatic nitrogens is 1. The molecule has 3 aromatic carbocycles. The molecule has 0 unspecified atom stereocenters. The summed E-state index contributed by atoms with van der Waals surface area (Å²) in [5.74, 6) is -2.38. The number of fused-ring (bicyclic) bond motifs is 1. The largest absolute Gasteiger partial charge is 0.573 e. The van der Waals surface area contributed by atoms with Crippen LogP contribution in [0.15, 0.2) is 77.0 Å². The summed E-state index contributed by atoms with van der Waals surface area (Å²) >= 11 is 0. The Bertz CT molecular complexity index is 1340. The molecule has 7 nitrogen and oxygen atoms in total. The van der Waals surface area contributed by atoms with Crippen LogP contribution < -0.4 is 4.74 Å². The van der Waals surface area contributed by atoms with Crippen LogP contribution in [0.1, 0.15) is 5.56 Å². The number of nitrogens with zero attached hydrogens (tertiary/aromatic N) is 3. The van der Waals surface area contributed by atoms with Gasteiger partial charge in [-0.1, -0.05) is 12.1 Å². The number of hydrogen-bond acceptors (Lipinski definition) is 5. The highest BCUT2D eigenvalue weighted by Crippen LogP contribution is 2.39. The summed E-state index contributed by atoms with van der Waals surface area (Å²) in [6.45, 7) is 0. The zero-order chi connectivity index (χ0) is 23.8. The molecule has 0 aliphatic heterocycles. The monoisotopic (exact) mass is 458 g/mol. The first-order valence-electron chi connectivity index (χ1n) is 9.32. The second-order valence-corrected chi connectivity index (χ2v) is 6.78. The predicted octanol–water partition coefficient (Wildman–Crippen LogP) is 6.19. The Hall–Kier alpha value is -4.41. The molecule has 4 aromatic rings. The van der Waals surface area contributed by atoms with Crippen molar-refractivity contribution in [2.45, 2.75) is 6.36 Å². The van der Waals surface area contributed by atoms with Gasteiger partial charge in [-0.25, -0.2) is 8.96 Å². The third kappa shape index (κ3) is 4.47. The molecule has 0 aliphatic rings. The van der Waals surface area contributed by atoms with Crippen LogP contribution in [0.3, 0.4) is 0 Å². The minimum absolute atomic E-state index is 0.0488. The Balaban J connectivity index is 1.56. The second kappa shape index (κ2) is 8.26. The molecule has 1 heterocycles. The standard InChI is InChI=1S/C22H14F4N4O3/c23-17-11-12(19(27)29-28-13-6-8-14(9-7-13)33-22(24,25)26)5-10-18(17)30-20(31)15-3-1-2-4-16(15)21(30)32/h1-11,27,31-32H. The molecule has 0 radical (unpaired) electrons. The van der Waals surface area contributed by atoms with Gasteiger partial charge in [0.25, 0.3) is 0 Å². The first kappa shape index (κ1) is 21.8. The Morgan fingerprint density at radius 1 is 0.909 bits per heavy atom. The van der Waals surface area contributed by atoms with E-state index in [9.17, 15) is 27.8 Å². The van der Waals surface area contributed by atoms with E-state index in [-0.39, 0.29) is 28.7 Å². The summed E-state index contributed by atoms with van der Waals surface area (Å²) in [5.41, 5.74) is 0.0582. The smallest absolute Gasteiger partial charge is 0.494 e. The van der Waals surface area contributed by atoms with Crippen LogP contribution in [0.4, 0.5) is 23.2 Å². The molecule has 4 rings (SSSR count). The van der Waals surface area contributed by atoms with Gasteiger partial charge in [0.05, 0.1) is 11.4 Å². The average Bonchev–Trinajstić information content (AvgIpc) is 3.02. The van der Waals surface area contributed by atoms with Gasteiger partial charge in [-0.2, -0.15) is 0 Å². The minimum Gasteiger partial charge on any atom is -0.494 e. The first-order valence-corrected chi connectivity index (χ1v) is 9.32. The van der Waals surface area contributed by atoms with Gasteiger partial charge < -0.3 is 14.9 Å². The normalized spacial score (nSPS) is 11.9. The zero-order valence-corrected chi connectivity index (χ0v) is 16.5. The minimum atomic E-state index is -4.82. The van der Waals surface area contributed by atoms with Crippen molar-refractivity contribution < 1.29 is 32.5 Å². The van der Waals surface area contributed by atoms with E-state index in [0.29, 0.717) is 10.8 Å². The maximum absolute atomic E-state index is 14.8. The molecular formula is C22H14F4N4O3. The van der Waals surface area contributed by atoms with Crippen LogP contribution in [0.25, 0.3) is 16.5 Å². The summed E-state index contributed by atoms with van der Waals surface area (Å²) in [4.78, 5) is 0. The fraction of sp³-hybridized carbons (Fsp3) is 0.0455. The zero-order valence-electron chi connectivity index (χ0n) is 16.5. The molecule has 0 saturated carbocycles. The fourth-order valence-electron chi connectivity index (χ4n) is 3.16. The van der Waals surface area contributed by atoms with Gasteiger partial charge in [0.15, 0.2) is 5.84 Å². The lowest BCUT2D eigenvalue weighted by Crippen LogP contribution is -2.16. The molecule has 0 spiro atoms. The van der Waals surface area contributed by atoms with Crippen LogP contribution in [0, 0.1) is 11.2 Å². The lowest BCUT2D eigenvalue weighted by molar-refractivity contribution is -0.274. The number of halogens is 4. The average molecular weight is 458 g/mol. The predicted molar refractivity (Wildman–Crippen MR) is 111 cm³/mol. The van der Waals surface area contributed by atoms with Gasteiger partial charge in [-0.05, 0) is 54.6 Å². The van der Waals surface area contributed by atoms with Crippen molar-refractivity contribution in [3.63, 3.8) is 0 Å². The fourth-order valence-corrected chi connectivity index (χ4v) is 3.16. The Morgan fingerprint density at radius 2 is 1.52 bits per heavy atom. The van der Waals surface area contributed by atoms with E-state index >= 15 is 0 Å². The summed E-state index contributed by atoms with van der Waals surface area (Å²) in [6, 6.07) is 14.6. The molecule has 3 N–H and O–H groups in total. The second-order valence-electron chi connectivity index (χ2n) is 6.78. The maximum Gasteiger partial charge on any atom is 0.573 e. The quantitative estimate of drug-likeness (QED) is 0.147. The number of azo groups is 1. The highest BCUT2D eigenvalue weighted by molar-refractivity contribution is 5.97. The number of hydrogen-bond donors (Lipinski definition) is 3. The molecule has 0 aliphatic carbocycles. The van der Waals surface area contributed by atoms with Crippen LogP contribution in [-0.4, -0.2) is 27.0 Å². The summed E-state index contributed by atoms with van der Waals surface area (Å²) in [5, 5.41) is 36.9. The van der Waals surface area contributed by atoms with Gasteiger partial charge in [0.2, 0.25) is 11.8 Å². The van der Waals surface area contributed by atoms with Crippen molar-refractivity contribution in [2.75, 3.05) is 0 Å². The van der Waals surface area contributed by atoms with E-state index < -0.39 is 23.8 Å². The van der Waals surface area contributed by atoms with Gasteiger partial charge in [-0.3, -0.25) is 5.41 Å². The maximum atomic E-state index is 14.8. The van der Waals surface area contributed by atoms with Gasteiger partial charge in [0, 0.05) is 16.3 Å². The number of benzene rings is 3. The number of amidine groups is 1. The molecule has 0 fully saturated rings. The Kier molecular flexibility index (Phi) is 5.46. The van der Waals surface area contributed by atoms with Crippen molar-refractivity contribution in [1.82, 2.24) is 4.57 Å².